The van der Waals surface area contributed by atoms with E-state index < -0.39 is 12.0 Å². The van der Waals surface area contributed by atoms with Gasteiger partial charge in [-0.25, -0.2) is 4.79 Å². The van der Waals surface area contributed by atoms with Gasteiger partial charge in [0, 0.05) is 25.7 Å². The maximum absolute atomic E-state index is 12.4. The second-order valence-corrected chi connectivity index (χ2v) is 6.64. The van der Waals surface area contributed by atoms with Crippen LogP contribution in [0.1, 0.15) is 29.3 Å². The Morgan fingerprint density at radius 2 is 1.81 bits per heavy atom. The van der Waals surface area contributed by atoms with Crippen molar-refractivity contribution in [3.05, 3.63) is 59.7 Å². The molecule has 0 spiro atoms. The molecule has 2 aromatic rings. The molecule has 0 radical (unpaired) electrons. The standard InChI is InChI=1S/C23H28N4O5/c1-3-13-25-22(29)17-6-4-5-7-18(17)27-21(28)11-9-16-8-10-19(20(15-16)31-2)32-23(30)26-14-12-24/h4-11,15H,3,12-14,24H2,1-2H3,(H,25,29)(H,26,30)(H,27,28)/b11-9+. The van der Waals surface area contributed by atoms with Crippen LogP contribution in [-0.2, 0) is 4.79 Å². The van der Waals surface area contributed by atoms with Gasteiger partial charge in [0.25, 0.3) is 5.91 Å². The van der Waals surface area contributed by atoms with Gasteiger partial charge in [0.1, 0.15) is 0 Å². The second kappa shape index (κ2) is 12.8. The molecule has 0 saturated carbocycles. The van der Waals surface area contributed by atoms with E-state index in [0.717, 1.165) is 6.42 Å². The topological polar surface area (TPSA) is 132 Å². The lowest BCUT2D eigenvalue weighted by Crippen LogP contribution is -2.31. The fourth-order valence-corrected chi connectivity index (χ4v) is 2.65. The molecule has 0 aliphatic carbocycles. The van der Waals surface area contributed by atoms with Crippen molar-refractivity contribution < 1.29 is 23.9 Å². The second-order valence-electron chi connectivity index (χ2n) is 6.64. The number of para-hydroxylation sites is 1. The first kappa shape index (κ1) is 24.4. The summed E-state index contributed by atoms with van der Waals surface area (Å²) in [4.78, 5) is 36.4. The lowest BCUT2D eigenvalue weighted by Gasteiger charge is -2.11. The van der Waals surface area contributed by atoms with Crippen molar-refractivity contribution in [2.75, 3.05) is 32.1 Å². The van der Waals surface area contributed by atoms with Gasteiger partial charge >= 0.3 is 6.09 Å². The van der Waals surface area contributed by atoms with E-state index in [1.54, 1.807) is 48.5 Å². The monoisotopic (exact) mass is 440 g/mol. The number of carbonyl (C=O) groups is 3. The molecule has 9 heteroatoms. The summed E-state index contributed by atoms with van der Waals surface area (Å²) in [5.74, 6) is -0.0900. The van der Waals surface area contributed by atoms with Crippen LogP contribution in [0.15, 0.2) is 48.5 Å². The van der Waals surface area contributed by atoms with Crippen LogP contribution in [0.5, 0.6) is 11.5 Å². The summed E-state index contributed by atoms with van der Waals surface area (Å²) in [6.45, 7) is 3.10. The molecule has 0 fully saturated rings. The van der Waals surface area contributed by atoms with Crippen molar-refractivity contribution in [1.29, 1.82) is 0 Å². The van der Waals surface area contributed by atoms with Crippen molar-refractivity contribution in [2.24, 2.45) is 5.73 Å². The number of amides is 3. The number of anilines is 1. The molecule has 9 nitrogen and oxygen atoms in total. The molecule has 0 bridgehead atoms. The van der Waals surface area contributed by atoms with Gasteiger partial charge < -0.3 is 31.2 Å². The van der Waals surface area contributed by atoms with Crippen molar-refractivity contribution in [1.82, 2.24) is 10.6 Å². The molecular weight excluding hydrogens is 412 g/mol. The van der Waals surface area contributed by atoms with Crippen molar-refractivity contribution in [3.63, 3.8) is 0 Å². The van der Waals surface area contributed by atoms with E-state index in [0.29, 0.717) is 42.2 Å². The minimum absolute atomic E-state index is 0.232. The Morgan fingerprint density at radius 1 is 1.03 bits per heavy atom. The van der Waals surface area contributed by atoms with Crippen LogP contribution < -0.4 is 31.2 Å². The van der Waals surface area contributed by atoms with Crippen LogP contribution in [0.4, 0.5) is 10.5 Å². The van der Waals surface area contributed by atoms with Crippen molar-refractivity contribution in [3.8, 4) is 11.5 Å². The summed E-state index contributed by atoms with van der Waals surface area (Å²) in [6, 6.07) is 11.6. The number of hydrogen-bond donors (Lipinski definition) is 4. The normalized spacial score (nSPS) is 10.5. The van der Waals surface area contributed by atoms with Gasteiger partial charge in [-0.2, -0.15) is 0 Å². The number of carbonyl (C=O) groups excluding carboxylic acids is 3. The fourth-order valence-electron chi connectivity index (χ4n) is 2.65. The van der Waals surface area contributed by atoms with Gasteiger partial charge in [0.2, 0.25) is 5.91 Å². The molecule has 170 valence electrons. The maximum atomic E-state index is 12.4. The van der Waals surface area contributed by atoms with Gasteiger partial charge in [-0.05, 0) is 42.3 Å². The molecule has 0 aliphatic heterocycles. The highest BCUT2D eigenvalue weighted by atomic mass is 16.6. The zero-order chi connectivity index (χ0) is 23.3. The largest absolute Gasteiger partial charge is 0.493 e. The van der Waals surface area contributed by atoms with Crippen molar-refractivity contribution >= 4 is 29.7 Å². The quantitative estimate of drug-likeness (QED) is 0.420. The molecule has 0 aromatic heterocycles. The smallest absolute Gasteiger partial charge is 0.412 e. The molecule has 5 N–H and O–H groups in total. The average molecular weight is 441 g/mol. The van der Waals surface area contributed by atoms with Crippen LogP contribution in [0.2, 0.25) is 0 Å². The van der Waals surface area contributed by atoms with Crippen LogP contribution >= 0.6 is 0 Å². The number of methoxy groups -OCH3 is 1. The number of rotatable bonds is 10. The minimum atomic E-state index is -0.641. The van der Waals surface area contributed by atoms with Crippen LogP contribution in [0.3, 0.4) is 0 Å². The van der Waals surface area contributed by atoms with E-state index >= 15 is 0 Å². The Bertz CT molecular complexity index is 975. The third kappa shape index (κ3) is 7.44. The highest BCUT2D eigenvalue weighted by molar-refractivity contribution is 6.07. The van der Waals surface area contributed by atoms with Crippen molar-refractivity contribution in [2.45, 2.75) is 13.3 Å². The zero-order valence-corrected chi connectivity index (χ0v) is 18.1. The maximum Gasteiger partial charge on any atom is 0.412 e. The first-order chi connectivity index (χ1) is 15.5. The van der Waals surface area contributed by atoms with Crippen LogP contribution in [-0.4, -0.2) is 44.7 Å². The molecule has 3 amide bonds. The molecule has 0 atom stereocenters. The summed E-state index contributed by atoms with van der Waals surface area (Å²) < 4.78 is 10.4. The Morgan fingerprint density at radius 3 is 2.53 bits per heavy atom. The first-order valence-electron chi connectivity index (χ1n) is 10.2. The van der Waals surface area contributed by atoms with Crippen LogP contribution in [0.25, 0.3) is 6.08 Å². The molecule has 0 saturated heterocycles. The Hall–Kier alpha value is -3.85. The molecular formula is C23H28N4O5. The van der Waals surface area contributed by atoms with Crippen LogP contribution in [0, 0.1) is 0 Å². The van der Waals surface area contributed by atoms with E-state index in [9.17, 15) is 14.4 Å². The lowest BCUT2D eigenvalue weighted by atomic mass is 10.1. The average Bonchev–Trinajstić information content (AvgIpc) is 2.80. The van der Waals surface area contributed by atoms with E-state index in [1.807, 2.05) is 6.92 Å². The van der Waals surface area contributed by atoms with E-state index in [2.05, 4.69) is 16.0 Å². The molecule has 2 aromatic carbocycles. The number of benzene rings is 2. The Kier molecular flexibility index (Phi) is 9.73. The van der Waals surface area contributed by atoms with E-state index in [1.165, 1.54) is 13.2 Å². The van der Waals surface area contributed by atoms with Gasteiger partial charge in [-0.3, -0.25) is 9.59 Å². The zero-order valence-electron chi connectivity index (χ0n) is 18.1. The Labute approximate surface area is 187 Å². The van der Waals surface area contributed by atoms with Gasteiger partial charge in [0.15, 0.2) is 11.5 Å². The number of hydrogen-bond acceptors (Lipinski definition) is 6. The number of nitrogens with two attached hydrogens (primary N) is 1. The van der Waals surface area contributed by atoms with E-state index in [4.69, 9.17) is 15.2 Å². The molecule has 0 aliphatic rings. The lowest BCUT2D eigenvalue weighted by molar-refractivity contribution is -0.111. The molecule has 0 heterocycles. The predicted octanol–water partition coefficient (Wildman–Crippen LogP) is 2.53. The van der Waals surface area contributed by atoms with Gasteiger partial charge in [-0.1, -0.05) is 25.1 Å². The van der Waals surface area contributed by atoms with Gasteiger partial charge in [-0.15, -0.1) is 0 Å². The fraction of sp³-hybridized carbons (Fsp3) is 0.261. The predicted molar refractivity (Wildman–Crippen MR) is 123 cm³/mol. The summed E-state index contributed by atoms with van der Waals surface area (Å²) in [6.07, 6.45) is 3.09. The number of nitrogens with one attached hydrogen (secondary N) is 3. The molecule has 2 rings (SSSR count). The summed E-state index contributed by atoms with van der Waals surface area (Å²) in [5, 5.41) is 8.01. The first-order valence-corrected chi connectivity index (χ1v) is 10.2. The highest BCUT2D eigenvalue weighted by Crippen LogP contribution is 2.28. The summed E-state index contributed by atoms with van der Waals surface area (Å²) in [5.41, 5.74) is 6.80. The SMILES string of the molecule is CCCNC(=O)c1ccccc1NC(=O)/C=C/c1ccc(OC(=O)NCCN)c(OC)c1. The minimum Gasteiger partial charge on any atom is -0.493 e. The number of ether oxygens (including phenoxy) is 2. The Balaban J connectivity index is 2.06. The molecule has 32 heavy (non-hydrogen) atoms. The van der Waals surface area contributed by atoms with E-state index in [-0.39, 0.29) is 11.7 Å². The molecule has 0 unspecified atom stereocenters. The third-order valence-electron chi connectivity index (χ3n) is 4.20. The summed E-state index contributed by atoms with van der Waals surface area (Å²) >= 11 is 0. The highest BCUT2D eigenvalue weighted by Gasteiger charge is 2.12. The summed E-state index contributed by atoms with van der Waals surface area (Å²) in [7, 11) is 1.45. The van der Waals surface area contributed by atoms with Gasteiger partial charge in [0.05, 0.1) is 18.4 Å². The third-order valence-corrected chi connectivity index (χ3v) is 4.20.